The number of allylic oxidation sites excluding steroid dienone is 4. The molecule has 0 amide bonds. The number of phosphoric ester groups is 2. The number of aliphatic hydroxyl groups excluding tert-OH is 1. The molecule has 0 bridgehead atoms. The minimum Gasteiger partial charge on any atom is -0.462 e. The molecule has 0 aliphatic heterocycles. The van der Waals surface area contributed by atoms with Gasteiger partial charge in [-0.15, -0.1) is 0 Å². The van der Waals surface area contributed by atoms with E-state index in [1.807, 2.05) is 0 Å². The van der Waals surface area contributed by atoms with Gasteiger partial charge in [-0.2, -0.15) is 0 Å². The summed E-state index contributed by atoms with van der Waals surface area (Å²) in [6, 6.07) is 0. The summed E-state index contributed by atoms with van der Waals surface area (Å²) < 4.78 is 68.6. The van der Waals surface area contributed by atoms with Gasteiger partial charge in [0.2, 0.25) is 0 Å². The molecule has 4 unspecified atom stereocenters. The lowest BCUT2D eigenvalue weighted by atomic mass is 9.99. The highest BCUT2D eigenvalue weighted by Gasteiger charge is 2.30. The summed E-state index contributed by atoms with van der Waals surface area (Å²) >= 11 is 0. The van der Waals surface area contributed by atoms with Crippen LogP contribution in [0.3, 0.4) is 0 Å². The Hall–Kier alpha value is -2.46. The van der Waals surface area contributed by atoms with E-state index in [4.69, 9.17) is 37.0 Å². The number of unbranched alkanes of at least 4 members (excludes halogenated alkanes) is 37. The molecule has 97 heavy (non-hydrogen) atoms. The molecule has 3 N–H and O–H groups in total. The fourth-order valence-corrected chi connectivity index (χ4v) is 12.9. The first-order chi connectivity index (χ1) is 46.8. The third-order valence-corrected chi connectivity index (χ3v) is 20.1. The smallest absolute Gasteiger partial charge is 0.462 e. The molecule has 0 rings (SSSR count). The summed E-state index contributed by atoms with van der Waals surface area (Å²) in [5, 5.41) is 10.6. The number of phosphoric acid groups is 2. The van der Waals surface area contributed by atoms with Crippen molar-refractivity contribution in [1.29, 1.82) is 0 Å². The van der Waals surface area contributed by atoms with Crippen LogP contribution in [-0.4, -0.2) is 96.7 Å². The summed E-state index contributed by atoms with van der Waals surface area (Å²) in [6.07, 6.45) is 57.5. The molecule has 572 valence electrons. The van der Waals surface area contributed by atoms with E-state index in [-0.39, 0.29) is 25.7 Å². The molecule has 0 aromatic rings. The molecule has 0 heterocycles. The quantitative estimate of drug-likeness (QED) is 0.0169. The van der Waals surface area contributed by atoms with Crippen molar-refractivity contribution < 1.29 is 80.2 Å². The van der Waals surface area contributed by atoms with Gasteiger partial charge in [0.25, 0.3) is 0 Å². The summed E-state index contributed by atoms with van der Waals surface area (Å²) in [7, 11) is -9.93. The van der Waals surface area contributed by atoms with Crippen LogP contribution in [-0.2, 0) is 65.4 Å². The molecule has 0 saturated heterocycles. The van der Waals surface area contributed by atoms with E-state index in [0.29, 0.717) is 25.7 Å². The Bertz CT molecular complexity index is 1990. The Balaban J connectivity index is 5.30. The van der Waals surface area contributed by atoms with E-state index in [2.05, 4.69) is 72.8 Å². The average Bonchev–Trinajstić information content (AvgIpc) is 1.81. The van der Waals surface area contributed by atoms with E-state index in [1.165, 1.54) is 167 Å². The number of esters is 4. The van der Waals surface area contributed by atoms with Crippen LogP contribution in [0.5, 0.6) is 0 Å². The van der Waals surface area contributed by atoms with Crippen LogP contribution in [0.2, 0.25) is 0 Å². The molecule has 0 spiro atoms. The van der Waals surface area contributed by atoms with Crippen LogP contribution in [0.1, 0.15) is 376 Å². The number of hydrogen-bond donors (Lipinski definition) is 3. The van der Waals surface area contributed by atoms with Gasteiger partial charge < -0.3 is 33.8 Å². The van der Waals surface area contributed by atoms with Gasteiger partial charge in [-0.3, -0.25) is 37.3 Å². The average molecular weight is 1420 g/mol. The zero-order chi connectivity index (χ0) is 71.6. The number of carbonyl (C=O) groups is 4. The van der Waals surface area contributed by atoms with Gasteiger partial charge in [0.05, 0.1) is 26.4 Å². The molecule has 0 radical (unpaired) electrons. The Morgan fingerprint density at radius 1 is 0.340 bits per heavy atom. The molecule has 0 aromatic heterocycles. The zero-order valence-corrected chi connectivity index (χ0v) is 64.8. The SMILES string of the molecule is CCCCCC/C=C\C=C/CCCCCCCC(=O)OC[C@H](COP(=O)(O)OC[C@@H](O)COP(=O)(O)OC[C@@H](COC(=O)CCCCCCCCCCC(C)CC)OC(=O)CCCCCCCCCCCC(C)C)OC(=O)CCCCCCCCCCCCCCCCC(C)CC. The molecule has 17 nitrogen and oxygen atoms in total. The topological polar surface area (TPSA) is 237 Å². The van der Waals surface area contributed by atoms with Crippen molar-refractivity contribution in [2.75, 3.05) is 39.6 Å². The van der Waals surface area contributed by atoms with Gasteiger partial charge in [0.1, 0.15) is 19.3 Å². The fraction of sp³-hybridized carbons (Fsp3) is 0.897. The van der Waals surface area contributed by atoms with Crippen molar-refractivity contribution in [3.63, 3.8) is 0 Å². The Morgan fingerprint density at radius 2 is 0.608 bits per heavy atom. The minimum absolute atomic E-state index is 0.100. The van der Waals surface area contributed by atoms with Crippen LogP contribution >= 0.6 is 15.6 Å². The number of ether oxygens (including phenoxy) is 4. The lowest BCUT2D eigenvalue weighted by Gasteiger charge is -2.21. The summed E-state index contributed by atoms with van der Waals surface area (Å²) in [4.78, 5) is 72.9. The maximum Gasteiger partial charge on any atom is 0.472 e. The molecule has 7 atom stereocenters. The van der Waals surface area contributed by atoms with Crippen LogP contribution in [0.4, 0.5) is 0 Å². The third kappa shape index (κ3) is 69.1. The van der Waals surface area contributed by atoms with E-state index in [1.54, 1.807) is 0 Å². The summed E-state index contributed by atoms with van der Waals surface area (Å²) in [5.74, 6) is 0.208. The molecule has 0 saturated carbocycles. The Labute approximate surface area is 592 Å². The Kier molecular flexibility index (Phi) is 66.3. The maximum atomic E-state index is 13.1. The largest absolute Gasteiger partial charge is 0.472 e. The predicted octanol–water partition coefficient (Wildman–Crippen LogP) is 22.5. The van der Waals surface area contributed by atoms with Gasteiger partial charge in [0, 0.05) is 25.7 Å². The van der Waals surface area contributed by atoms with Crippen molar-refractivity contribution in [3.05, 3.63) is 24.3 Å². The second-order valence-electron chi connectivity index (χ2n) is 28.4. The molecule has 0 aliphatic carbocycles. The van der Waals surface area contributed by atoms with Gasteiger partial charge in [0.15, 0.2) is 12.2 Å². The van der Waals surface area contributed by atoms with Crippen LogP contribution in [0.25, 0.3) is 0 Å². The van der Waals surface area contributed by atoms with E-state index in [9.17, 15) is 43.2 Å². The van der Waals surface area contributed by atoms with Gasteiger partial charge in [-0.05, 0) is 69.1 Å². The second-order valence-corrected chi connectivity index (χ2v) is 31.3. The third-order valence-electron chi connectivity index (χ3n) is 18.2. The van der Waals surface area contributed by atoms with Crippen molar-refractivity contribution in [2.24, 2.45) is 17.8 Å². The molecular weight excluding hydrogens is 1270 g/mol. The lowest BCUT2D eigenvalue weighted by molar-refractivity contribution is -0.161. The highest BCUT2D eigenvalue weighted by atomic mass is 31.2. The summed E-state index contributed by atoms with van der Waals surface area (Å²) in [6.45, 7) is 11.9. The summed E-state index contributed by atoms with van der Waals surface area (Å²) in [5.41, 5.74) is 0. The number of carbonyl (C=O) groups excluding carboxylic acids is 4. The van der Waals surface area contributed by atoms with E-state index < -0.39 is 97.5 Å². The molecule has 0 aliphatic rings. The monoisotopic (exact) mass is 1420 g/mol. The number of aliphatic hydroxyl groups is 1. The fourth-order valence-electron chi connectivity index (χ4n) is 11.4. The van der Waals surface area contributed by atoms with Gasteiger partial charge >= 0.3 is 39.5 Å². The lowest BCUT2D eigenvalue weighted by Crippen LogP contribution is -2.30. The van der Waals surface area contributed by atoms with Gasteiger partial charge in [-0.1, -0.05) is 323 Å². The zero-order valence-electron chi connectivity index (χ0n) is 63.0. The Morgan fingerprint density at radius 3 is 0.918 bits per heavy atom. The first-order valence-electron chi connectivity index (χ1n) is 39.7. The predicted molar refractivity (Wildman–Crippen MR) is 395 cm³/mol. The van der Waals surface area contributed by atoms with Crippen molar-refractivity contribution in [1.82, 2.24) is 0 Å². The molecular formula is C78H148O17P2. The highest BCUT2D eigenvalue weighted by Crippen LogP contribution is 2.45. The van der Waals surface area contributed by atoms with Crippen LogP contribution < -0.4 is 0 Å². The maximum absolute atomic E-state index is 13.1. The molecule has 0 fully saturated rings. The van der Waals surface area contributed by atoms with Crippen molar-refractivity contribution in [3.8, 4) is 0 Å². The van der Waals surface area contributed by atoms with E-state index in [0.717, 1.165) is 127 Å². The minimum atomic E-state index is -4.97. The first-order valence-corrected chi connectivity index (χ1v) is 42.7. The van der Waals surface area contributed by atoms with E-state index >= 15 is 0 Å². The number of hydrogen-bond acceptors (Lipinski definition) is 15. The van der Waals surface area contributed by atoms with Crippen LogP contribution in [0.15, 0.2) is 24.3 Å². The highest BCUT2D eigenvalue weighted by molar-refractivity contribution is 7.47. The molecule has 19 heteroatoms. The number of rotatable bonds is 74. The van der Waals surface area contributed by atoms with Crippen molar-refractivity contribution in [2.45, 2.75) is 394 Å². The van der Waals surface area contributed by atoms with Gasteiger partial charge in [-0.25, -0.2) is 9.13 Å². The molecule has 0 aromatic carbocycles. The first kappa shape index (κ1) is 94.5. The van der Waals surface area contributed by atoms with Crippen LogP contribution in [0, 0.1) is 17.8 Å². The normalized spacial score (nSPS) is 14.8. The standard InChI is InChI=1S/C78H148O17P2/c1-8-11-12-13-14-15-16-17-18-22-25-30-38-45-52-59-75(80)88-65-73(94-77(82)61-54-47-40-31-26-23-20-19-21-24-29-36-43-50-57-70(6)9-2)67-92-96(84,85)90-63-72(79)64-91-97(86,87)93-68-74(95-78(83)62-55-48-41-32-27-28-35-42-49-56-69(4)5)66-89-76(81)60-53-46-39-34-33-37-44-51-58-71(7)10-3/h15-18,69-74,79H,8-14,19-68H2,1-7H3,(H,84,85)(H,86,87)/b16-15-,18-17-/t70?,71?,72-,73-,74-/m1/s1. The van der Waals surface area contributed by atoms with Crippen molar-refractivity contribution >= 4 is 39.5 Å². The second kappa shape index (κ2) is 68.0.